The lowest BCUT2D eigenvalue weighted by Gasteiger charge is -2.35. The van der Waals surface area contributed by atoms with E-state index >= 15 is 0 Å². The molecule has 28 heavy (non-hydrogen) atoms. The van der Waals surface area contributed by atoms with Crippen molar-refractivity contribution < 1.29 is 14.3 Å². The first-order valence-corrected chi connectivity index (χ1v) is 9.65. The van der Waals surface area contributed by atoms with Gasteiger partial charge in [0.2, 0.25) is 5.91 Å². The van der Waals surface area contributed by atoms with Gasteiger partial charge in [0.1, 0.15) is 11.8 Å². The van der Waals surface area contributed by atoms with E-state index in [4.69, 9.17) is 4.74 Å². The van der Waals surface area contributed by atoms with Gasteiger partial charge in [0.25, 0.3) is 0 Å². The number of para-hydroxylation sites is 2. The van der Waals surface area contributed by atoms with Crippen LogP contribution in [-0.2, 0) is 11.2 Å². The van der Waals surface area contributed by atoms with Gasteiger partial charge in [-0.25, -0.2) is 4.79 Å². The summed E-state index contributed by atoms with van der Waals surface area (Å²) in [5, 5.41) is 5.78. The Kier molecular flexibility index (Phi) is 6.53. The Morgan fingerprint density at radius 2 is 1.89 bits per heavy atom. The van der Waals surface area contributed by atoms with Crippen LogP contribution in [0.2, 0.25) is 0 Å². The first kappa shape index (κ1) is 19.7. The lowest BCUT2D eigenvalue weighted by atomic mass is 10.0. The van der Waals surface area contributed by atoms with Crippen LogP contribution in [0.4, 0.5) is 10.5 Å². The molecule has 0 aliphatic carbocycles. The zero-order valence-corrected chi connectivity index (χ0v) is 16.4. The molecule has 2 aromatic carbocycles. The summed E-state index contributed by atoms with van der Waals surface area (Å²) in [5.74, 6) is 0.880. The molecule has 0 bridgehead atoms. The number of anilines is 1. The van der Waals surface area contributed by atoms with Crippen LogP contribution in [0.3, 0.4) is 0 Å². The van der Waals surface area contributed by atoms with Crippen LogP contribution in [0, 0.1) is 5.92 Å². The minimum absolute atomic E-state index is 0.130. The second-order valence-corrected chi connectivity index (χ2v) is 7.32. The zero-order chi connectivity index (χ0) is 19.9. The Labute approximate surface area is 165 Å². The lowest BCUT2D eigenvalue weighted by molar-refractivity contribution is -0.127. The fraction of sp³-hybridized carbons (Fsp3) is 0.364. The monoisotopic (exact) mass is 381 g/mol. The molecule has 0 radical (unpaired) electrons. The number of piperazine rings is 1. The van der Waals surface area contributed by atoms with Crippen molar-refractivity contribution in [2.75, 3.05) is 25.0 Å². The molecule has 1 saturated heterocycles. The van der Waals surface area contributed by atoms with E-state index in [0.717, 1.165) is 5.56 Å². The van der Waals surface area contributed by atoms with Gasteiger partial charge in [0.15, 0.2) is 0 Å². The maximum Gasteiger partial charge on any atom is 0.322 e. The number of carbonyl (C=O) groups is 2. The quantitative estimate of drug-likeness (QED) is 0.807. The zero-order valence-electron chi connectivity index (χ0n) is 16.4. The van der Waals surface area contributed by atoms with E-state index < -0.39 is 6.04 Å². The molecule has 148 valence electrons. The number of rotatable bonds is 6. The van der Waals surface area contributed by atoms with E-state index in [1.807, 2.05) is 54.6 Å². The van der Waals surface area contributed by atoms with Crippen molar-refractivity contribution in [1.82, 2.24) is 10.2 Å². The number of ether oxygens (including phenoxy) is 1. The maximum atomic E-state index is 13.0. The van der Waals surface area contributed by atoms with Gasteiger partial charge < -0.3 is 20.3 Å². The van der Waals surface area contributed by atoms with E-state index in [-0.39, 0.29) is 11.9 Å². The standard InChI is InChI=1S/C22H27N3O3/c1-16(2)15-28-20-11-7-6-10-18(20)24-22(27)25-13-12-23-21(26)19(25)14-17-8-4-3-5-9-17/h3-11,16,19H,12-15H2,1-2H3,(H,23,26)(H,24,27). The van der Waals surface area contributed by atoms with Crippen molar-refractivity contribution in [1.29, 1.82) is 0 Å². The second kappa shape index (κ2) is 9.26. The van der Waals surface area contributed by atoms with Crippen LogP contribution in [-0.4, -0.2) is 42.6 Å². The average molecular weight is 381 g/mol. The van der Waals surface area contributed by atoms with Gasteiger partial charge in [-0.1, -0.05) is 56.3 Å². The predicted octanol–water partition coefficient (Wildman–Crippen LogP) is 3.30. The number of carbonyl (C=O) groups excluding carboxylic acids is 2. The molecule has 2 N–H and O–H groups in total. The predicted molar refractivity (Wildman–Crippen MR) is 109 cm³/mol. The smallest absolute Gasteiger partial charge is 0.322 e. The molecule has 3 amide bonds. The highest BCUT2D eigenvalue weighted by atomic mass is 16.5. The summed E-state index contributed by atoms with van der Waals surface area (Å²) in [7, 11) is 0. The molecule has 0 spiro atoms. The number of benzene rings is 2. The van der Waals surface area contributed by atoms with Crippen molar-refractivity contribution >= 4 is 17.6 Å². The maximum absolute atomic E-state index is 13.0. The summed E-state index contributed by atoms with van der Waals surface area (Å²) in [5.41, 5.74) is 1.63. The fourth-order valence-electron chi connectivity index (χ4n) is 3.14. The minimum Gasteiger partial charge on any atom is -0.491 e. The molecule has 0 aromatic heterocycles. The third kappa shape index (κ3) is 5.03. The molecule has 0 saturated carbocycles. The summed E-state index contributed by atoms with van der Waals surface area (Å²) in [6.45, 7) is 5.62. The number of urea groups is 1. The van der Waals surface area contributed by atoms with Gasteiger partial charge in [0, 0.05) is 19.5 Å². The van der Waals surface area contributed by atoms with Crippen molar-refractivity contribution in [2.24, 2.45) is 5.92 Å². The molecule has 1 atom stereocenters. The Morgan fingerprint density at radius 1 is 1.18 bits per heavy atom. The topological polar surface area (TPSA) is 70.7 Å². The molecular formula is C22H27N3O3. The molecule has 6 heteroatoms. The molecule has 1 aliphatic rings. The van der Waals surface area contributed by atoms with Crippen LogP contribution in [0.1, 0.15) is 19.4 Å². The molecule has 1 heterocycles. The second-order valence-electron chi connectivity index (χ2n) is 7.32. The van der Waals surface area contributed by atoms with Crippen molar-refractivity contribution in [3.63, 3.8) is 0 Å². The third-order valence-electron chi connectivity index (χ3n) is 4.56. The van der Waals surface area contributed by atoms with Gasteiger partial charge in [-0.15, -0.1) is 0 Å². The highest BCUT2D eigenvalue weighted by molar-refractivity contribution is 5.95. The van der Waals surface area contributed by atoms with E-state index in [2.05, 4.69) is 24.5 Å². The first-order valence-electron chi connectivity index (χ1n) is 9.65. The summed E-state index contributed by atoms with van der Waals surface area (Å²) in [6.07, 6.45) is 0.478. The number of nitrogens with zero attached hydrogens (tertiary/aromatic N) is 1. The fourth-order valence-corrected chi connectivity index (χ4v) is 3.14. The number of amides is 3. The highest BCUT2D eigenvalue weighted by Gasteiger charge is 2.33. The van der Waals surface area contributed by atoms with E-state index in [1.165, 1.54) is 0 Å². The van der Waals surface area contributed by atoms with Crippen LogP contribution < -0.4 is 15.4 Å². The minimum atomic E-state index is -0.542. The summed E-state index contributed by atoms with van der Waals surface area (Å²) in [4.78, 5) is 27.0. The molecule has 2 aromatic rings. The number of hydrogen-bond acceptors (Lipinski definition) is 3. The van der Waals surface area contributed by atoms with Gasteiger partial charge in [-0.3, -0.25) is 4.79 Å². The van der Waals surface area contributed by atoms with E-state index in [0.29, 0.717) is 43.5 Å². The molecule has 1 unspecified atom stereocenters. The SMILES string of the molecule is CC(C)COc1ccccc1NC(=O)N1CCNC(=O)C1Cc1ccccc1. The van der Waals surface area contributed by atoms with E-state index in [9.17, 15) is 9.59 Å². The number of nitrogens with one attached hydrogen (secondary N) is 2. The van der Waals surface area contributed by atoms with Crippen LogP contribution >= 0.6 is 0 Å². The number of hydrogen-bond donors (Lipinski definition) is 2. The molecule has 1 aliphatic heterocycles. The first-order chi connectivity index (χ1) is 13.5. The van der Waals surface area contributed by atoms with Gasteiger partial charge in [-0.2, -0.15) is 0 Å². The summed E-state index contributed by atoms with van der Waals surface area (Å²) < 4.78 is 5.82. The normalized spacial score (nSPS) is 16.6. The van der Waals surface area contributed by atoms with Gasteiger partial charge in [0.05, 0.1) is 12.3 Å². The lowest BCUT2D eigenvalue weighted by Crippen LogP contribution is -2.59. The van der Waals surface area contributed by atoms with E-state index in [1.54, 1.807) is 4.90 Å². The average Bonchev–Trinajstić information content (AvgIpc) is 2.69. The van der Waals surface area contributed by atoms with Gasteiger partial charge in [-0.05, 0) is 23.6 Å². The molecule has 6 nitrogen and oxygen atoms in total. The van der Waals surface area contributed by atoms with Crippen molar-refractivity contribution in [2.45, 2.75) is 26.3 Å². The molecule has 1 fully saturated rings. The largest absolute Gasteiger partial charge is 0.491 e. The van der Waals surface area contributed by atoms with Crippen molar-refractivity contribution in [3.8, 4) is 5.75 Å². The third-order valence-corrected chi connectivity index (χ3v) is 4.56. The van der Waals surface area contributed by atoms with Gasteiger partial charge >= 0.3 is 6.03 Å². The van der Waals surface area contributed by atoms with Crippen LogP contribution in [0.5, 0.6) is 5.75 Å². The van der Waals surface area contributed by atoms with Crippen LogP contribution in [0.25, 0.3) is 0 Å². The Hall–Kier alpha value is -3.02. The van der Waals surface area contributed by atoms with Crippen LogP contribution in [0.15, 0.2) is 54.6 Å². The summed E-state index contributed by atoms with van der Waals surface area (Å²) >= 11 is 0. The Morgan fingerprint density at radius 3 is 2.64 bits per heavy atom. The van der Waals surface area contributed by atoms with Crippen molar-refractivity contribution in [3.05, 3.63) is 60.2 Å². The molecule has 3 rings (SSSR count). The Bertz CT molecular complexity index is 808. The highest BCUT2D eigenvalue weighted by Crippen LogP contribution is 2.25. The molecular weight excluding hydrogens is 354 g/mol. The summed E-state index contributed by atoms with van der Waals surface area (Å²) in [6, 6.07) is 16.3. The Balaban J connectivity index is 1.74.